The van der Waals surface area contributed by atoms with Gasteiger partial charge >= 0.3 is 169 Å². The third-order valence-electron chi connectivity index (χ3n) is 5.91. The summed E-state index contributed by atoms with van der Waals surface area (Å²) < 4.78 is 0. The molecule has 0 bridgehead atoms. The van der Waals surface area contributed by atoms with Crippen molar-refractivity contribution in [2.24, 2.45) is 0 Å². The first-order chi connectivity index (χ1) is 13.8. The molecular formula is C27H26P. The van der Waals surface area contributed by atoms with E-state index in [1.165, 1.54) is 21.2 Å². The van der Waals surface area contributed by atoms with E-state index in [0.717, 1.165) is 12.6 Å². The van der Waals surface area contributed by atoms with Crippen molar-refractivity contribution in [3.63, 3.8) is 0 Å². The van der Waals surface area contributed by atoms with Gasteiger partial charge in [0, 0.05) is 0 Å². The van der Waals surface area contributed by atoms with Crippen LogP contribution in [0, 0.1) is 6.92 Å². The molecule has 4 aromatic carbocycles. The van der Waals surface area contributed by atoms with Gasteiger partial charge in [-0.05, 0) is 0 Å². The van der Waals surface area contributed by atoms with Crippen molar-refractivity contribution < 1.29 is 0 Å². The molecule has 0 amide bonds. The molecule has 0 aliphatic rings. The summed E-state index contributed by atoms with van der Waals surface area (Å²) in [6.45, 7) is 1.42. The van der Waals surface area contributed by atoms with Crippen molar-refractivity contribution in [2.75, 3.05) is 6.16 Å². The fourth-order valence-corrected chi connectivity index (χ4v) is 11.5. The molecule has 0 aromatic heterocycles. The Morgan fingerprint density at radius 1 is 0.429 bits per heavy atom. The van der Waals surface area contributed by atoms with Crippen LogP contribution < -0.4 is 21.2 Å². The second kappa shape index (κ2) is 7.74. The van der Waals surface area contributed by atoms with Gasteiger partial charge in [-0.3, -0.25) is 0 Å². The van der Waals surface area contributed by atoms with Gasteiger partial charge in [-0.25, -0.2) is 0 Å². The molecule has 139 valence electrons. The van der Waals surface area contributed by atoms with Gasteiger partial charge < -0.3 is 0 Å². The van der Waals surface area contributed by atoms with Crippen molar-refractivity contribution in [3.05, 3.63) is 128 Å². The van der Waals surface area contributed by atoms with Crippen LogP contribution in [0.4, 0.5) is 0 Å². The Morgan fingerprint density at radius 3 is 0.893 bits per heavy atom. The molecule has 0 saturated carbocycles. The van der Waals surface area contributed by atoms with Crippen molar-refractivity contribution in [1.29, 1.82) is 0 Å². The zero-order valence-corrected chi connectivity index (χ0v) is 17.0. The van der Waals surface area contributed by atoms with Crippen molar-refractivity contribution in [3.8, 4) is 0 Å². The van der Waals surface area contributed by atoms with E-state index in [4.69, 9.17) is 0 Å². The van der Waals surface area contributed by atoms with E-state index >= 15 is 0 Å². The minimum absolute atomic E-state index is 0.866. The Labute approximate surface area is 168 Å². The first kappa shape index (κ1) is 18.7. The van der Waals surface area contributed by atoms with Crippen LogP contribution in [0.3, 0.4) is 0 Å². The molecule has 0 unspecified atom stereocenters. The minimum atomic E-state index is -2.93. The average molecular weight is 381 g/mol. The predicted molar refractivity (Wildman–Crippen MR) is 126 cm³/mol. The van der Waals surface area contributed by atoms with E-state index in [0.29, 0.717) is 0 Å². The van der Waals surface area contributed by atoms with Crippen molar-refractivity contribution in [1.82, 2.24) is 0 Å². The SMILES string of the molecule is [CH2]CCP(c1ccccc1)(c1ccccc1)(c1ccccc1)c1ccccc1. The number of hydrogen-bond donors (Lipinski definition) is 0. The summed E-state index contributed by atoms with van der Waals surface area (Å²) in [5, 5.41) is 5.61. The first-order valence-electron chi connectivity index (χ1n) is 9.85. The Hall–Kier alpha value is -2.69. The van der Waals surface area contributed by atoms with Crippen molar-refractivity contribution in [2.45, 2.75) is 6.42 Å². The Bertz CT molecular complexity index is 839. The van der Waals surface area contributed by atoms with Crippen LogP contribution in [-0.4, -0.2) is 6.16 Å². The Kier molecular flexibility index (Phi) is 5.16. The van der Waals surface area contributed by atoms with Crippen LogP contribution in [0.2, 0.25) is 0 Å². The maximum absolute atomic E-state index is 4.35. The summed E-state index contributed by atoms with van der Waals surface area (Å²) in [6, 6.07) is 44.4. The van der Waals surface area contributed by atoms with Gasteiger partial charge in [0.2, 0.25) is 0 Å². The standard InChI is InChI=1S/C27H26P/c1-2-23-28(24-15-7-3-8-16-24,25-17-9-4-10-18-25,26-19-11-5-12-20-26)27-21-13-6-14-22-27/h3-22H,1-2,23H2. The van der Waals surface area contributed by atoms with E-state index < -0.39 is 6.60 Å². The third kappa shape index (κ3) is 2.64. The van der Waals surface area contributed by atoms with Gasteiger partial charge in [0.25, 0.3) is 0 Å². The Morgan fingerprint density at radius 2 is 0.679 bits per heavy atom. The average Bonchev–Trinajstić information content (AvgIpc) is 2.80. The van der Waals surface area contributed by atoms with Crippen LogP contribution in [0.25, 0.3) is 0 Å². The molecule has 0 heterocycles. The van der Waals surface area contributed by atoms with Crippen LogP contribution in [0.1, 0.15) is 6.42 Å². The summed E-state index contributed by atoms with van der Waals surface area (Å²) in [7, 11) is 0. The first-order valence-corrected chi connectivity index (χ1v) is 12.3. The topological polar surface area (TPSA) is 0 Å². The molecule has 0 saturated heterocycles. The number of rotatable bonds is 6. The fourth-order valence-electron chi connectivity index (χ4n) is 4.76. The molecule has 0 fully saturated rings. The van der Waals surface area contributed by atoms with Crippen LogP contribution in [-0.2, 0) is 0 Å². The maximum atomic E-state index is 4.35. The molecule has 0 nitrogen and oxygen atoms in total. The fraction of sp³-hybridized carbons (Fsp3) is 0.0741. The van der Waals surface area contributed by atoms with E-state index in [2.05, 4.69) is 128 Å². The summed E-state index contributed by atoms with van der Waals surface area (Å²) in [5.41, 5.74) is 0. The zero-order valence-electron chi connectivity index (χ0n) is 16.1. The van der Waals surface area contributed by atoms with E-state index in [1.54, 1.807) is 0 Å². The summed E-state index contributed by atoms with van der Waals surface area (Å²) >= 11 is 0. The molecule has 0 aliphatic heterocycles. The molecule has 28 heavy (non-hydrogen) atoms. The van der Waals surface area contributed by atoms with Gasteiger partial charge in [0.1, 0.15) is 0 Å². The molecule has 0 N–H and O–H groups in total. The quantitative estimate of drug-likeness (QED) is 0.409. The van der Waals surface area contributed by atoms with Crippen LogP contribution >= 0.6 is 6.60 Å². The Balaban J connectivity index is 2.28. The van der Waals surface area contributed by atoms with Gasteiger partial charge in [0.15, 0.2) is 0 Å². The summed E-state index contributed by atoms with van der Waals surface area (Å²) in [6.07, 6.45) is 1.87. The molecule has 0 aliphatic carbocycles. The van der Waals surface area contributed by atoms with Crippen molar-refractivity contribution >= 4 is 27.8 Å². The molecular weight excluding hydrogens is 355 g/mol. The second-order valence-electron chi connectivity index (χ2n) is 7.22. The molecule has 1 radical (unpaired) electrons. The van der Waals surface area contributed by atoms with Crippen LogP contribution in [0.5, 0.6) is 0 Å². The monoisotopic (exact) mass is 381 g/mol. The summed E-state index contributed by atoms with van der Waals surface area (Å²) in [4.78, 5) is 0. The van der Waals surface area contributed by atoms with E-state index in [-0.39, 0.29) is 0 Å². The van der Waals surface area contributed by atoms with E-state index in [9.17, 15) is 0 Å². The normalized spacial score (nSPS) is 12.8. The van der Waals surface area contributed by atoms with Gasteiger partial charge in [-0.15, -0.1) is 0 Å². The number of benzene rings is 4. The molecule has 0 spiro atoms. The molecule has 4 aromatic rings. The van der Waals surface area contributed by atoms with Gasteiger partial charge in [0.05, 0.1) is 0 Å². The molecule has 0 atom stereocenters. The number of hydrogen-bond acceptors (Lipinski definition) is 0. The summed E-state index contributed by atoms with van der Waals surface area (Å²) in [5.74, 6) is 0. The van der Waals surface area contributed by atoms with Crippen LogP contribution in [0.15, 0.2) is 121 Å². The third-order valence-corrected chi connectivity index (χ3v) is 12.9. The molecule has 4 rings (SSSR count). The van der Waals surface area contributed by atoms with Gasteiger partial charge in [-0.1, -0.05) is 0 Å². The predicted octanol–water partition coefficient (Wildman–Crippen LogP) is 5.07. The second-order valence-corrected chi connectivity index (χ2v) is 12.3. The van der Waals surface area contributed by atoms with Gasteiger partial charge in [-0.2, -0.15) is 0 Å². The van der Waals surface area contributed by atoms with E-state index in [1.807, 2.05) is 0 Å². The molecule has 1 heteroatoms. The zero-order chi connectivity index (χ0) is 19.3.